The Balaban J connectivity index is 2.13. The molecule has 0 bridgehead atoms. The highest BCUT2D eigenvalue weighted by atomic mass is 35.5. The maximum atomic E-state index is 13.4. The number of nitrogens with zero attached hydrogens (tertiary/aromatic N) is 1. The van der Waals surface area contributed by atoms with E-state index in [4.69, 9.17) is 11.6 Å². The molecule has 10 heteroatoms. The molecule has 0 spiro atoms. The molecular formula is C26H26ClF4N3O2. The highest BCUT2D eigenvalue weighted by Crippen LogP contribution is 2.35. The lowest BCUT2D eigenvalue weighted by Gasteiger charge is -2.36. The molecule has 2 N–H and O–H groups in total. The van der Waals surface area contributed by atoms with Crippen molar-refractivity contribution in [3.05, 3.63) is 94.8 Å². The minimum atomic E-state index is -4.65. The van der Waals surface area contributed by atoms with Crippen LogP contribution in [0.5, 0.6) is 5.75 Å². The Hall–Kier alpha value is -3.33. The Morgan fingerprint density at radius 3 is 2.14 bits per heavy atom. The molecule has 36 heavy (non-hydrogen) atoms. The number of carbonyl (C=O) groups is 1. The van der Waals surface area contributed by atoms with Gasteiger partial charge in [0.2, 0.25) is 0 Å². The molecule has 0 aliphatic carbocycles. The summed E-state index contributed by atoms with van der Waals surface area (Å²) in [6.07, 6.45) is -6.98. The number of hydrogen-bond acceptors (Lipinski definition) is 3. The van der Waals surface area contributed by atoms with Crippen LogP contribution >= 0.6 is 11.6 Å². The first-order valence-electron chi connectivity index (χ1n) is 11.0. The van der Waals surface area contributed by atoms with Gasteiger partial charge in [0.15, 0.2) is 0 Å². The van der Waals surface area contributed by atoms with Crippen molar-refractivity contribution in [3.8, 4) is 5.75 Å². The van der Waals surface area contributed by atoms with Crippen molar-refractivity contribution in [3.63, 3.8) is 0 Å². The van der Waals surface area contributed by atoms with Crippen LogP contribution in [0.25, 0.3) is 0 Å². The highest BCUT2D eigenvalue weighted by molar-refractivity contribution is 6.30. The third-order valence-corrected chi connectivity index (χ3v) is 5.37. The van der Waals surface area contributed by atoms with Crippen molar-refractivity contribution in [1.82, 2.24) is 15.6 Å². The molecule has 0 saturated carbocycles. The third-order valence-electron chi connectivity index (χ3n) is 5.15. The molecule has 2 amide bonds. The van der Waals surface area contributed by atoms with Crippen LogP contribution in [-0.2, 0) is 12.0 Å². The van der Waals surface area contributed by atoms with E-state index in [-0.39, 0.29) is 6.42 Å². The van der Waals surface area contributed by atoms with Crippen molar-refractivity contribution >= 4 is 17.6 Å². The molecule has 2 aromatic carbocycles. The van der Waals surface area contributed by atoms with Crippen LogP contribution in [0.3, 0.4) is 0 Å². The van der Waals surface area contributed by atoms with Crippen molar-refractivity contribution in [2.45, 2.75) is 50.8 Å². The number of aromatic nitrogens is 1. The van der Waals surface area contributed by atoms with Crippen LogP contribution in [0.1, 0.15) is 37.6 Å². The van der Waals surface area contributed by atoms with Crippen molar-refractivity contribution < 1.29 is 27.1 Å². The number of alkyl halides is 4. The van der Waals surface area contributed by atoms with E-state index in [0.717, 1.165) is 17.7 Å². The minimum Gasteiger partial charge on any atom is -0.428 e. The summed E-state index contributed by atoms with van der Waals surface area (Å²) in [7, 11) is 0. The number of rotatable bonds is 8. The molecule has 0 aliphatic heterocycles. The SMILES string of the molecule is CC(C)(C)NC(=O)NC(Cc1ccccc1)(c1ccc(OC(F)(F)C(F)F)cc1)c1ccc(Cl)cn1. The molecular weight excluding hydrogens is 498 g/mol. The van der Waals surface area contributed by atoms with E-state index in [1.165, 1.54) is 18.3 Å². The van der Waals surface area contributed by atoms with E-state index >= 15 is 0 Å². The second-order valence-corrected chi connectivity index (χ2v) is 9.68. The fraction of sp³-hybridized carbons (Fsp3) is 0.308. The van der Waals surface area contributed by atoms with E-state index in [1.807, 2.05) is 51.1 Å². The molecule has 5 nitrogen and oxygen atoms in total. The summed E-state index contributed by atoms with van der Waals surface area (Å²) >= 11 is 6.06. The second kappa shape index (κ2) is 10.7. The topological polar surface area (TPSA) is 63.2 Å². The highest BCUT2D eigenvalue weighted by Gasteiger charge is 2.44. The standard InChI is InChI=1S/C26H26ClF4N3O2/c1-24(2,3)33-23(35)34-25(15-17-7-5-4-6-8-17,21-14-11-19(27)16-32-21)18-9-12-20(13-10-18)36-26(30,31)22(28)29/h4-14,16,22H,15H2,1-3H3,(H2,33,34,35). The van der Waals surface area contributed by atoms with Gasteiger partial charge in [-0.1, -0.05) is 54.1 Å². The molecule has 0 saturated heterocycles. The van der Waals surface area contributed by atoms with Gasteiger partial charge in [0.25, 0.3) is 0 Å². The maximum absolute atomic E-state index is 13.4. The van der Waals surface area contributed by atoms with Gasteiger partial charge in [-0.15, -0.1) is 0 Å². The van der Waals surface area contributed by atoms with Gasteiger partial charge < -0.3 is 15.4 Å². The fourth-order valence-electron chi connectivity index (χ4n) is 3.63. The number of halogens is 5. The molecule has 1 aromatic heterocycles. The molecule has 1 heterocycles. The van der Waals surface area contributed by atoms with Crippen LogP contribution < -0.4 is 15.4 Å². The van der Waals surface area contributed by atoms with Gasteiger partial charge in [0.05, 0.1) is 10.7 Å². The predicted octanol–water partition coefficient (Wildman–Crippen LogP) is 6.56. The Bertz CT molecular complexity index is 1150. The summed E-state index contributed by atoms with van der Waals surface area (Å²) in [6.45, 7) is 5.46. The zero-order chi connectivity index (χ0) is 26.6. The van der Waals surface area contributed by atoms with Gasteiger partial charge in [-0.3, -0.25) is 4.98 Å². The second-order valence-electron chi connectivity index (χ2n) is 9.25. The third kappa shape index (κ3) is 6.87. The van der Waals surface area contributed by atoms with Gasteiger partial charge in [0.1, 0.15) is 11.3 Å². The lowest BCUT2D eigenvalue weighted by molar-refractivity contribution is -0.253. The monoisotopic (exact) mass is 523 g/mol. The quantitative estimate of drug-likeness (QED) is 0.329. The van der Waals surface area contributed by atoms with Crippen molar-refractivity contribution in [2.24, 2.45) is 0 Å². The lowest BCUT2D eigenvalue weighted by Crippen LogP contribution is -2.56. The minimum absolute atomic E-state index is 0.230. The Labute approximate surface area is 211 Å². The number of ether oxygens (including phenoxy) is 1. The van der Waals surface area contributed by atoms with Crippen LogP contribution in [0, 0.1) is 0 Å². The van der Waals surface area contributed by atoms with E-state index in [0.29, 0.717) is 16.3 Å². The van der Waals surface area contributed by atoms with Gasteiger partial charge in [-0.2, -0.15) is 17.6 Å². The number of pyridine rings is 1. The summed E-state index contributed by atoms with van der Waals surface area (Å²) < 4.78 is 56.2. The maximum Gasteiger partial charge on any atom is 0.461 e. The molecule has 0 fully saturated rings. The number of carbonyl (C=O) groups excluding carboxylic acids is 1. The van der Waals surface area contributed by atoms with Gasteiger partial charge >= 0.3 is 18.6 Å². The number of benzene rings is 2. The normalized spacial score (nSPS) is 13.7. The number of nitrogens with one attached hydrogen (secondary N) is 2. The number of hydrogen-bond donors (Lipinski definition) is 2. The van der Waals surface area contributed by atoms with Crippen LogP contribution in [-0.4, -0.2) is 29.1 Å². The average Bonchev–Trinajstić information content (AvgIpc) is 2.78. The summed E-state index contributed by atoms with van der Waals surface area (Å²) in [5.41, 5.74) is -0.126. The molecule has 1 atom stereocenters. The molecule has 3 rings (SSSR count). The summed E-state index contributed by atoms with van der Waals surface area (Å²) in [6, 6.07) is 17.2. The summed E-state index contributed by atoms with van der Waals surface area (Å²) in [4.78, 5) is 17.6. The largest absolute Gasteiger partial charge is 0.461 e. The van der Waals surface area contributed by atoms with Gasteiger partial charge in [-0.05, 0) is 56.2 Å². The van der Waals surface area contributed by atoms with Crippen LogP contribution in [0.15, 0.2) is 72.9 Å². The van der Waals surface area contributed by atoms with Crippen molar-refractivity contribution in [1.29, 1.82) is 0 Å². The first kappa shape index (κ1) is 27.3. The van der Waals surface area contributed by atoms with Crippen molar-refractivity contribution in [2.75, 3.05) is 0 Å². The van der Waals surface area contributed by atoms with E-state index in [1.54, 1.807) is 12.1 Å². The summed E-state index contributed by atoms with van der Waals surface area (Å²) in [5, 5.41) is 6.24. The smallest absolute Gasteiger partial charge is 0.428 e. The number of amides is 2. The van der Waals surface area contributed by atoms with Gasteiger partial charge in [0, 0.05) is 18.2 Å². The average molecular weight is 524 g/mol. The van der Waals surface area contributed by atoms with Gasteiger partial charge in [-0.25, -0.2) is 4.79 Å². The zero-order valence-electron chi connectivity index (χ0n) is 19.9. The fourth-order valence-corrected chi connectivity index (χ4v) is 3.74. The number of urea groups is 1. The molecule has 0 aliphatic rings. The first-order valence-corrected chi connectivity index (χ1v) is 11.4. The molecule has 3 aromatic rings. The molecule has 1 unspecified atom stereocenters. The lowest BCUT2D eigenvalue weighted by atomic mass is 9.80. The Morgan fingerprint density at radius 1 is 0.972 bits per heavy atom. The van der Waals surface area contributed by atoms with Crippen LogP contribution in [0.4, 0.5) is 22.4 Å². The molecule has 192 valence electrons. The van der Waals surface area contributed by atoms with Crippen LogP contribution in [0.2, 0.25) is 5.02 Å². The van der Waals surface area contributed by atoms with E-state index in [9.17, 15) is 22.4 Å². The van der Waals surface area contributed by atoms with E-state index < -0.39 is 35.4 Å². The Kier molecular flexibility index (Phi) is 8.13. The summed E-state index contributed by atoms with van der Waals surface area (Å²) in [5.74, 6) is -0.458. The zero-order valence-corrected chi connectivity index (χ0v) is 20.6. The Morgan fingerprint density at radius 2 is 1.61 bits per heavy atom. The first-order chi connectivity index (χ1) is 16.8. The predicted molar refractivity (Wildman–Crippen MR) is 130 cm³/mol. The molecule has 0 radical (unpaired) electrons. The van der Waals surface area contributed by atoms with E-state index in [2.05, 4.69) is 20.4 Å².